The van der Waals surface area contributed by atoms with E-state index in [9.17, 15) is 9.59 Å². The first-order valence-electron chi connectivity index (χ1n) is 6.52. The fraction of sp³-hybridized carbons (Fsp3) is 0.462. The van der Waals surface area contributed by atoms with Crippen molar-refractivity contribution in [1.29, 1.82) is 0 Å². The smallest absolute Gasteiger partial charge is 0.304 e. The predicted molar refractivity (Wildman–Crippen MR) is 79.7 cm³/mol. The highest BCUT2D eigenvalue weighted by atomic mass is 35.5. The lowest BCUT2D eigenvalue weighted by molar-refractivity contribution is -0.137. The van der Waals surface area contributed by atoms with Gasteiger partial charge in [0, 0.05) is 18.8 Å². The van der Waals surface area contributed by atoms with Crippen molar-refractivity contribution in [2.24, 2.45) is 0 Å². The molecule has 2 rings (SSSR count). The molecule has 0 unspecified atom stereocenters. The number of rotatable bonds is 7. The van der Waals surface area contributed by atoms with Crippen LogP contribution in [-0.2, 0) is 9.59 Å². The first-order valence-corrected chi connectivity index (χ1v) is 7.28. The maximum absolute atomic E-state index is 12.0. The van der Waals surface area contributed by atoms with Crippen molar-refractivity contribution in [3.05, 3.63) is 22.3 Å². The van der Waals surface area contributed by atoms with E-state index >= 15 is 0 Å². The van der Waals surface area contributed by atoms with E-state index in [0.717, 1.165) is 12.8 Å². The molecule has 1 fully saturated rings. The molecule has 1 aliphatic carbocycles. The van der Waals surface area contributed by atoms with E-state index in [0.29, 0.717) is 17.6 Å². The van der Waals surface area contributed by atoms with Gasteiger partial charge in [0.25, 0.3) is 0 Å². The van der Waals surface area contributed by atoms with Gasteiger partial charge in [-0.1, -0.05) is 23.2 Å². The monoisotopic (exact) mass is 331 g/mol. The average Bonchev–Trinajstić information content (AvgIpc) is 3.22. The topological polar surface area (TPSA) is 82.5 Å². The summed E-state index contributed by atoms with van der Waals surface area (Å²) < 4.78 is 0. The van der Waals surface area contributed by atoms with Crippen LogP contribution in [0.2, 0.25) is 10.0 Å². The zero-order valence-electron chi connectivity index (χ0n) is 11.2. The summed E-state index contributed by atoms with van der Waals surface area (Å²) in [6.45, 7) is 0.480. The Morgan fingerprint density at radius 2 is 2.14 bits per heavy atom. The summed E-state index contributed by atoms with van der Waals surface area (Å²) in [7, 11) is 0. The van der Waals surface area contributed by atoms with Crippen molar-refractivity contribution < 1.29 is 14.7 Å². The number of anilines is 1. The summed E-state index contributed by atoms with van der Waals surface area (Å²) in [6.07, 6.45) is 3.40. The number of halogens is 2. The molecule has 6 nitrogen and oxygen atoms in total. The standard InChI is InChI=1S/C13H15Cl2N3O3/c14-8-5-10(15)13(16-6-8)17-11(19)7-18(9-1-2-9)4-3-12(20)21/h5-6,9H,1-4,7H2,(H,20,21)(H,16,17,19). The number of carboxylic acid groups (broad SMARTS) is 1. The number of aliphatic carboxylic acids is 1. The number of carboxylic acids is 1. The number of pyridine rings is 1. The minimum absolute atomic E-state index is 0.0176. The summed E-state index contributed by atoms with van der Waals surface area (Å²) in [5.74, 6) is -0.896. The van der Waals surface area contributed by atoms with Crippen LogP contribution in [0, 0.1) is 0 Å². The Kier molecular flexibility index (Phi) is 5.39. The summed E-state index contributed by atoms with van der Waals surface area (Å²) >= 11 is 11.7. The molecule has 0 atom stereocenters. The first kappa shape index (κ1) is 16.0. The lowest BCUT2D eigenvalue weighted by atomic mass is 10.3. The van der Waals surface area contributed by atoms with Gasteiger partial charge in [0.05, 0.1) is 23.0 Å². The summed E-state index contributed by atoms with van der Waals surface area (Å²) in [5.41, 5.74) is 0. The largest absolute Gasteiger partial charge is 0.481 e. The molecule has 8 heteroatoms. The highest BCUT2D eigenvalue weighted by Gasteiger charge is 2.30. The van der Waals surface area contributed by atoms with Crippen LogP contribution in [0.3, 0.4) is 0 Å². The Balaban J connectivity index is 1.91. The zero-order chi connectivity index (χ0) is 15.4. The number of hydrogen-bond donors (Lipinski definition) is 2. The number of nitrogens with zero attached hydrogens (tertiary/aromatic N) is 2. The Morgan fingerprint density at radius 3 is 2.71 bits per heavy atom. The van der Waals surface area contributed by atoms with Crippen molar-refractivity contribution in [2.75, 3.05) is 18.4 Å². The summed E-state index contributed by atoms with van der Waals surface area (Å²) in [6, 6.07) is 1.79. The fourth-order valence-corrected chi connectivity index (χ4v) is 2.36. The normalized spacial score (nSPS) is 14.2. The molecule has 2 N–H and O–H groups in total. The molecule has 0 bridgehead atoms. The lowest BCUT2D eigenvalue weighted by Gasteiger charge is -2.20. The van der Waals surface area contributed by atoms with E-state index in [-0.39, 0.29) is 29.7 Å². The predicted octanol–water partition coefficient (Wildman–Crippen LogP) is 2.27. The molecule has 0 aliphatic heterocycles. The number of aromatic nitrogens is 1. The van der Waals surface area contributed by atoms with E-state index in [4.69, 9.17) is 28.3 Å². The molecule has 114 valence electrons. The second kappa shape index (κ2) is 7.06. The van der Waals surface area contributed by atoms with Crippen molar-refractivity contribution in [3.8, 4) is 0 Å². The lowest BCUT2D eigenvalue weighted by Crippen LogP contribution is -2.36. The number of carbonyl (C=O) groups is 2. The van der Waals surface area contributed by atoms with Gasteiger partial charge >= 0.3 is 5.97 Å². The molecule has 0 aromatic carbocycles. The van der Waals surface area contributed by atoms with E-state index in [1.165, 1.54) is 12.3 Å². The molecule has 1 aromatic rings. The highest BCUT2D eigenvalue weighted by molar-refractivity contribution is 6.36. The molecule has 0 spiro atoms. The number of nitrogens with one attached hydrogen (secondary N) is 1. The molecule has 1 heterocycles. The second-order valence-electron chi connectivity index (χ2n) is 4.88. The van der Waals surface area contributed by atoms with Crippen LogP contribution in [0.4, 0.5) is 5.82 Å². The van der Waals surface area contributed by atoms with Gasteiger partial charge in [0.1, 0.15) is 0 Å². The van der Waals surface area contributed by atoms with Crippen LogP contribution in [-0.4, -0.2) is 46.0 Å². The van der Waals surface area contributed by atoms with Crippen LogP contribution >= 0.6 is 23.2 Å². The second-order valence-corrected chi connectivity index (χ2v) is 5.72. The average molecular weight is 332 g/mol. The van der Waals surface area contributed by atoms with E-state index in [1.54, 1.807) is 0 Å². The van der Waals surface area contributed by atoms with Crippen LogP contribution in [0.25, 0.3) is 0 Å². The summed E-state index contributed by atoms with van der Waals surface area (Å²) in [4.78, 5) is 28.5. The van der Waals surface area contributed by atoms with Crippen molar-refractivity contribution in [3.63, 3.8) is 0 Å². The maximum atomic E-state index is 12.0. The van der Waals surface area contributed by atoms with Gasteiger partial charge in [0.15, 0.2) is 5.82 Å². The summed E-state index contributed by atoms with van der Waals surface area (Å²) in [5, 5.41) is 12.0. The third kappa shape index (κ3) is 5.15. The van der Waals surface area contributed by atoms with Gasteiger partial charge in [-0.05, 0) is 18.9 Å². The van der Waals surface area contributed by atoms with Gasteiger partial charge in [-0.2, -0.15) is 0 Å². The molecule has 1 aliphatic rings. The van der Waals surface area contributed by atoms with Crippen LogP contribution in [0.15, 0.2) is 12.3 Å². The van der Waals surface area contributed by atoms with Gasteiger partial charge in [-0.25, -0.2) is 4.98 Å². The Morgan fingerprint density at radius 1 is 1.43 bits per heavy atom. The Labute approximate surface area is 132 Å². The number of hydrogen-bond acceptors (Lipinski definition) is 4. The molecule has 1 amide bonds. The molecule has 0 radical (unpaired) electrons. The molecule has 1 saturated carbocycles. The van der Waals surface area contributed by atoms with Crippen LogP contribution in [0.1, 0.15) is 19.3 Å². The molecule has 1 aromatic heterocycles. The number of amides is 1. The highest BCUT2D eigenvalue weighted by Crippen LogP contribution is 2.27. The first-order chi connectivity index (χ1) is 9.95. The molecule has 21 heavy (non-hydrogen) atoms. The van der Waals surface area contributed by atoms with Crippen molar-refractivity contribution >= 4 is 40.9 Å². The van der Waals surface area contributed by atoms with Gasteiger partial charge in [-0.15, -0.1) is 0 Å². The van der Waals surface area contributed by atoms with Gasteiger partial charge in [0.2, 0.25) is 5.91 Å². The van der Waals surface area contributed by atoms with E-state index in [2.05, 4.69) is 10.3 Å². The third-order valence-electron chi connectivity index (χ3n) is 3.09. The van der Waals surface area contributed by atoms with E-state index in [1.807, 2.05) is 4.90 Å². The van der Waals surface area contributed by atoms with Crippen LogP contribution < -0.4 is 5.32 Å². The van der Waals surface area contributed by atoms with Gasteiger partial charge < -0.3 is 10.4 Å². The molecule has 0 saturated heterocycles. The SMILES string of the molecule is O=C(O)CCN(CC(=O)Nc1ncc(Cl)cc1Cl)C1CC1. The Hall–Kier alpha value is -1.37. The fourth-order valence-electron chi connectivity index (χ4n) is 1.93. The Bertz CT molecular complexity index is 549. The quantitative estimate of drug-likeness (QED) is 0.800. The van der Waals surface area contributed by atoms with Crippen molar-refractivity contribution in [1.82, 2.24) is 9.88 Å². The maximum Gasteiger partial charge on any atom is 0.304 e. The third-order valence-corrected chi connectivity index (χ3v) is 3.58. The minimum atomic E-state index is -0.872. The molecular formula is C13H15Cl2N3O3. The van der Waals surface area contributed by atoms with Crippen molar-refractivity contribution in [2.45, 2.75) is 25.3 Å². The van der Waals surface area contributed by atoms with E-state index < -0.39 is 5.97 Å². The minimum Gasteiger partial charge on any atom is -0.481 e. The molecular weight excluding hydrogens is 317 g/mol. The number of carbonyl (C=O) groups excluding carboxylic acids is 1. The van der Waals surface area contributed by atoms with Gasteiger partial charge in [-0.3, -0.25) is 14.5 Å². The van der Waals surface area contributed by atoms with Crippen LogP contribution in [0.5, 0.6) is 0 Å². The zero-order valence-corrected chi connectivity index (χ0v) is 12.7.